The Kier molecular flexibility index (Phi) is 22.7. The Labute approximate surface area is 428 Å². The third kappa shape index (κ3) is 21.6. The van der Waals surface area contributed by atoms with Crippen LogP contribution in [-0.4, -0.2) is 78.1 Å². The standard InChI is InChI=1S/C46H55N5O8.2C6H7N/c1-45(2,3)59-44(57)50-36(28-32-21-13-8-14-22-32)40(53)47-37(29-33-23-15-9-16-24-33)41(54)51-46(4,5)43(56)49-35(27-31-19-11-7-12-20-31)39(52)48-38(42(55)58-6)30-34-25-17-10-18-26-34;2*7-6-4-2-1-3-5-6/h7-26,35-38H,27-30H2,1-6H3,(H,47,53)(H,48,52)(H,49,56)(H,50,57)(H,51,54);2*1-5H,7H2/t35-,36-,37-,38-;;/m0../s1. The second-order valence-electron chi connectivity index (χ2n) is 18.6. The summed E-state index contributed by atoms with van der Waals surface area (Å²) in [4.78, 5) is 81.9. The Morgan fingerprint density at radius 1 is 0.425 bits per heavy atom. The first-order valence-corrected chi connectivity index (χ1v) is 23.9. The molecule has 15 heteroatoms. The van der Waals surface area contributed by atoms with E-state index in [0.717, 1.165) is 33.6 Å². The Bertz CT molecular complexity index is 2580. The molecule has 0 spiro atoms. The van der Waals surface area contributed by atoms with Gasteiger partial charge in [-0.3, -0.25) is 19.2 Å². The van der Waals surface area contributed by atoms with Crippen molar-refractivity contribution in [1.29, 1.82) is 0 Å². The van der Waals surface area contributed by atoms with Crippen molar-refractivity contribution < 1.29 is 38.2 Å². The molecule has 6 aromatic rings. The van der Waals surface area contributed by atoms with Gasteiger partial charge in [0.15, 0.2) is 0 Å². The molecule has 0 bridgehead atoms. The third-order valence-electron chi connectivity index (χ3n) is 10.8. The molecule has 0 aliphatic rings. The molecular weight excluding hydrogens is 923 g/mol. The molecule has 0 aliphatic heterocycles. The summed E-state index contributed by atoms with van der Waals surface area (Å²) in [5, 5.41) is 13.8. The predicted molar refractivity (Wildman–Crippen MR) is 285 cm³/mol. The van der Waals surface area contributed by atoms with Crippen molar-refractivity contribution in [2.75, 3.05) is 18.6 Å². The van der Waals surface area contributed by atoms with E-state index in [0.29, 0.717) is 0 Å². The SMILES string of the molecule is COC(=O)[C@H](Cc1ccccc1)NC(=O)[C@H](Cc1ccccc1)NC(=O)C(C)(C)NC(=O)[C@H](Cc1ccccc1)NC(=O)[C@H](Cc1ccccc1)NC(=O)OC(C)(C)C.Nc1ccccc1.Nc1ccccc1. The van der Waals surface area contributed by atoms with Gasteiger partial charge in [0, 0.05) is 37.1 Å². The second-order valence-corrected chi connectivity index (χ2v) is 18.6. The van der Waals surface area contributed by atoms with Crippen molar-refractivity contribution in [1.82, 2.24) is 26.6 Å². The number of nitrogens with two attached hydrogens (primary N) is 2. The van der Waals surface area contributed by atoms with Crippen LogP contribution in [0.25, 0.3) is 0 Å². The fraction of sp³-hybridized carbons (Fsp3) is 0.276. The van der Waals surface area contributed by atoms with E-state index in [2.05, 4.69) is 26.6 Å². The third-order valence-corrected chi connectivity index (χ3v) is 10.8. The number of methoxy groups -OCH3 is 1. The number of nitrogen functional groups attached to an aromatic ring is 2. The molecule has 0 unspecified atom stereocenters. The number of benzene rings is 6. The second kappa shape index (κ2) is 29.0. The topological polar surface area (TPSA) is 233 Å². The molecule has 5 amide bonds. The van der Waals surface area contributed by atoms with Crippen LogP contribution >= 0.6 is 0 Å². The van der Waals surface area contributed by atoms with E-state index in [4.69, 9.17) is 20.9 Å². The molecule has 0 heterocycles. The van der Waals surface area contributed by atoms with Gasteiger partial charge in [-0.15, -0.1) is 0 Å². The molecule has 0 radical (unpaired) electrons. The molecule has 4 atom stereocenters. The number of hydrogen-bond acceptors (Lipinski definition) is 10. The Morgan fingerprint density at radius 2 is 0.726 bits per heavy atom. The number of nitrogens with one attached hydrogen (secondary N) is 5. The highest BCUT2D eigenvalue weighted by molar-refractivity contribution is 5.97. The Balaban J connectivity index is 0.000000705. The predicted octanol–water partition coefficient (Wildman–Crippen LogP) is 6.91. The summed E-state index contributed by atoms with van der Waals surface area (Å²) in [6.45, 7) is 8.08. The van der Waals surface area contributed by atoms with Crippen molar-refractivity contribution in [3.05, 3.63) is 204 Å². The minimum atomic E-state index is -1.62. The van der Waals surface area contributed by atoms with Crippen LogP contribution in [-0.2, 0) is 59.1 Å². The van der Waals surface area contributed by atoms with Crippen molar-refractivity contribution in [3.8, 4) is 0 Å². The number of carbonyl (C=O) groups excluding carboxylic acids is 6. The van der Waals surface area contributed by atoms with Gasteiger partial charge in [-0.2, -0.15) is 0 Å². The van der Waals surface area contributed by atoms with Gasteiger partial charge >= 0.3 is 12.1 Å². The molecule has 0 saturated heterocycles. The van der Waals surface area contributed by atoms with Crippen LogP contribution in [0.2, 0.25) is 0 Å². The molecule has 73 heavy (non-hydrogen) atoms. The average molecular weight is 992 g/mol. The van der Waals surface area contributed by atoms with E-state index in [1.165, 1.54) is 21.0 Å². The van der Waals surface area contributed by atoms with E-state index in [-0.39, 0.29) is 25.7 Å². The van der Waals surface area contributed by atoms with Crippen LogP contribution in [0.15, 0.2) is 182 Å². The van der Waals surface area contributed by atoms with E-state index in [1.807, 2.05) is 133 Å². The zero-order valence-electron chi connectivity index (χ0n) is 42.4. The number of rotatable bonds is 18. The van der Waals surface area contributed by atoms with Gasteiger partial charge < -0.3 is 47.5 Å². The van der Waals surface area contributed by atoms with Crippen molar-refractivity contribution in [3.63, 3.8) is 0 Å². The largest absolute Gasteiger partial charge is 0.467 e. The zero-order valence-corrected chi connectivity index (χ0v) is 42.4. The molecule has 0 aliphatic carbocycles. The average Bonchev–Trinajstić information content (AvgIpc) is 3.36. The van der Waals surface area contributed by atoms with E-state index < -0.39 is 71.0 Å². The van der Waals surface area contributed by atoms with E-state index in [9.17, 15) is 28.8 Å². The molecule has 6 aromatic carbocycles. The molecule has 384 valence electrons. The number of anilines is 2. The number of amides is 5. The number of hydrogen-bond donors (Lipinski definition) is 7. The molecule has 9 N–H and O–H groups in total. The fourth-order valence-electron chi connectivity index (χ4n) is 7.05. The highest BCUT2D eigenvalue weighted by Crippen LogP contribution is 2.14. The highest BCUT2D eigenvalue weighted by Gasteiger charge is 2.37. The maximum Gasteiger partial charge on any atom is 0.408 e. The molecule has 0 fully saturated rings. The van der Waals surface area contributed by atoms with Crippen LogP contribution in [0.1, 0.15) is 56.9 Å². The first-order valence-electron chi connectivity index (χ1n) is 23.9. The summed E-state index contributed by atoms with van der Waals surface area (Å²) in [5.74, 6) is -3.31. The van der Waals surface area contributed by atoms with E-state index in [1.54, 1.807) is 69.3 Å². The van der Waals surface area contributed by atoms with Gasteiger partial charge in [-0.1, -0.05) is 158 Å². The smallest absolute Gasteiger partial charge is 0.408 e. The lowest BCUT2D eigenvalue weighted by atomic mass is 9.98. The van der Waals surface area contributed by atoms with Crippen molar-refractivity contribution in [2.24, 2.45) is 0 Å². The minimum Gasteiger partial charge on any atom is -0.467 e. The molecule has 6 rings (SSSR count). The first-order chi connectivity index (χ1) is 34.8. The fourth-order valence-corrected chi connectivity index (χ4v) is 7.05. The van der Waals surface area contributed by atoms with Gasteiger partial charge in [0.05, 0.1) is 7.11 Å². The van der Waals surface area contributed by atoms with E-state index >= 15 is 0 Å². The summed E-state index contributed by atoms with van der Waals surface area (Å²) < 4.78 is 10.4. The molecule has 15 nitrogen and oxygen atoms in total. The van der Waals surface area contributed by atoms with Crippen LogP contribution < -0.4 is 38.1 Å². The summed E-state index contributed by atoms with van der Waals surface area (Å²) >= 11 is 0. The Morgan fingerprint density at radius 3 is 1.04 bits per heavy atom. The zero-order chi connectivity index (χ0) is 53.2. The van der Waals surface area contributed by atoms with Crippen LogP contribution in [0.4, 0.5) is 16.2 Å². The number of carbonyl (C=O) groups is 6. The molecule has 0 aromatic heterocycles. The maximum atomic E-state index is 14.2. The number of esters is 1. The van der Waals surface area contributed by atoms with Crippen LogP contribution in [0.5, 0.6) is 0 Å². The number of ether oxygens (including phenoxy) is 2. The minimum absolute atomic E-state index is 0.0516. The first kappa shape index (κ1) is 57.1. The Hall–Kier alpha value is -8.46. The van der Waals surface area contributed by atoms with Gasteiger partial charge in [0.2, 0.25) is 23.6 Å². The van der Waals surface area contributed by atoms with Gasteiger partial charge in [-0.05, 0) is 81.1 Å². The van der Waals surface area contributed by atoms with Gasteiger partial charge in [0.1, 0.15) is 35.3 Å². The lowest BCUT2D eigenvalue weighted by molar-refractivity contribution is -0.145. The highest BCUT2D eigenvalue weighted by atomic mass is 16.6. The molecular formula is C58H69N7O8. The number of para-hydroxylation sites is 2. The monoisotopic (exact) mass is 992 g/mol. The van der Waals surface area contributed by atoms with Crippen LogP contribution in [0.3, 0.4) is 0 Å². The summed E-state index contributed by atoms with van der Waals surface area (Å²) in [6.07, 6.45) is -0.423. The lowest BCUT2D eigenvalue weighted by Gasteiger charge is -2.31. The van der Waals surface area contributed by atoms with Crippen molar-refractivity contribution in [2.45, 2.75) is 95.6 Å². The van der Waals surface area contributed by atoms with Gasteiger partial charge in [-0.25, -0.2) is 9.59 Å². The normalized spacial score (nSPS) is 12.4. The summed E-state index contributed by atoms with van der Waals surface area (Å²) in [6, 6.07) is 50.7. The quantitative estimate of drug-likeness (QED) is 0.0347. The van der Waals surface area contributed by atoms with Crippen LogP contribution in [0, 0.1) is 0 Å². The molecule has 0 saturated carbocycles. The summed E-state index contributed by atoms with van der Waals surface area (Å²) in [7, 11) is 1.23. The van der Waals surface area contributed by atoms with Crippen molar-refractivity contribution >= 4 is 47.1 Å². The lowest BCUT2D eigenvalue weighted by Crippen LogP contribution is -2.63. The maximum absolute atomic E-state index is 14.2. The summed E-state index contributed by atoms with van der Waals surface area (Å²) in [5.41, 5.74) is 12.9. The van der Waals surface area contributed by atoms with Gasteiger partial charge in [0.25, 0.3) is 0 Å². The number of alkyl carbamates (subject to hydrolysis) is 1.